The third-order valence-electron chi connectivity index (χ3n) is 3.12. The summed E-state index contributed by atoms with van der Waals surface area (Å²) in [6.45, 7) is 6.76. The standard InChI is InChI=1S/C17H23NO5/c1-5-10-22-13(3)17(20)23-11-16(19)18-12(2)14-8-6-7-9-15(14)21-4/h5-9,12-13H,1,10-11H2,2-4H3,(H,18,19). The third-order valence-corrected chi connectivity index (χ3v) is 3.12. The zero-order valence-corrected chi connectivity index (χ0v) is 13.7. The number of para-hydroxylation sites is 1. The van der Waals surface area contributed by atoms with Gasteiger partial charge in [-0.2, -0.15) is 0 Å². The highest BCUT2D eigenvalue weighted by molar-refractivity contribution is 5.82. The Bertz CT molecular complexity index is 544. The van der Waals surface area contributed by atoms with Gasteiger partial charge < -0.3 is 19.5 Å². The van der Waals surface area contributed by atoms with Crippen LogP contribution in [0.15, 0.2) is 36.9 Å². The predicted molar refractivity (Wildman–Crippen MR) is 86.1 cm³/mol. The molecule has 126 valence electrons. The Balaban J connectivity index is 2.47. The summed E-state index contributed by atoms with van der Waals surface area (Å²) >= 11 is 0. The first-order valence-electron chi connectivity index (χ1n) is 7.31. The van der Waals surface area contributed by atoms with Crippen molar-refractivity contribution in [1.29, 1.82) is 0 Å². The molecular weight excluding hydrogens is 298 g/mol. The summed E-state index contributed by atoms with van der Waals surface area (Å²) in [7, 11) is 1.57. The van der Waals surface area contributed by atoms with E-state index in [1.165, 1.54) is 6.08 Å². The summed E-state index contributed by atoms with van der Waals surface area (Å²) in [5.74, 6) is -0.302. The normalized spacial score (nSPS) is 12.8. The highest BCUT2D eigenvalue weighted by atomic mass is 16.6. The Labute approximate surface area is 136 Å². The van der Waals surface area contributed by atoms with Crippen molar-refractivity contribution in [2.75, 3.05) is 20.3 Å². The maximum atomic E-state index is 11.9. The summed E-state index contributed by atoms with van der Waals surface area (Å²) in [6.07, 6.45) is 0.790. The van der Waals surface area contributed by atoms with Gasteiger partial charge in [0.2, 0.25) is 0 Å². The number of esters is 1. The summed E-state index contributed by atoms with van der Waals surface area (Å²) in [5, 5.41) is 2.76. The number of methoxy groups -OCH3 is 1. The van der Waals surface area contributed by atoms with Crippen LogP contribution in [0.1, 0.15) is 25.5 Å². The van der Waals surface area contributed by atoms with Crippen molar-refractivity contribution in [1.82, 2.24) is 5.32 Å². The molecule has 0 aliphatic rings. The molecule has 0 aromatic heterocycles. The van der Waals surface area contributed by atoms with E-state index in [9.17, 15) is 9.59 Å². The van der Waals surface area contributed by atoms with Crippen LogP contribution in [-0.2, 0) is 19.1 Å². The smallest absolute Gasteiger partial charge is 0.335 e. The minimum Gasteiger partial charge on any atom is -0.496 e. The highest BCUT2D eigenvalue weighted by Gasteiger charge is 2.18. The zero-order chi connectivity index (χ0) is 17.2. The van der Waals surface area contributed by atoms with Crippen LogP contribution in [0.3, 0.4) is 0 Å². The number of benzene rings is 1. The molecule has 0 saturated carbocycles. The van der Waals surface area contributed by atoms with Gasteiger partial charge in [0.25, 0.3) is 5.91 Å². The van der Waals surface area contributed by atoms with Gasteiger partial charge in [-0.3, -0.25) is 4.79 Å². The average molecular weight is 321 g/mol. The monoisotopic (exact) mass is 321 g/mol. The summed E-state index contributed by atoms with van der Waals surface area (Å²) < 4.78 is 15.3. The molecule has 6 heteroatoms. The third kappa shape index (κ3) is 6.12. The number of hydrogen-bond donors (Lipinski definition) is 1. The van der Waals surface area contributed by atoms with E-state index in [0.717, 1.165) is 5.56 Å². The molecule has 0 aliphatic heterocycles. The molecule has 1 aromatic rings. The second-order valence-electron chi connectivity index (χ2n) is 4.90. The number of hydrogen-bond acceptors (Lipinski definition) is 5. The van der Waals surface area contributed by atoms with Gasteiger partial charge in [0.15, 0.2) is 12.7 Å². The summed E-state index contributed by atoms with van der Waals surface area (Å²) in [4.78, 5) is 23.5. The first-order chi connectivity index (χ1) is 11.0. The maximum Gasteiger partial charge on any atom is 0.335 e. The van der Waals surface area contributed by atoms with E-state index in [1.807, 2.05) is 31.2 Å². The predicted octanol–water partition coefficient (Wildman–Crippen LogP) is 2.01. The second kappa shape index (κ2) is 9.63. The Hall–Kier alpha value is -2.34. The molecule has 23 heavy (non-hydrogen) atoms. The number of amides is 1. The van der Waals surface area contributed by atoms with Gasteiger partial charge in [0, 0.05) is 5.56 Å². The van der Waals surface area contributed by atoms with Crippen molar-refractivity contribution in [2.24, 2.45) is 0 Å². The molecule has 0 bridgehead atoms. The van der Waals surface area contributed by atoms with Gasteiger partial charge in [0.1, 0.15) is 5.75 Å². The lowest BCUT2D eigenvalue weighted by Gasteiger charge is -2.17. The van der Waals surface area contributed by atoms with E-state index in [1.54, 1.807) is 14.0 Å². The molecule has 6 nitrogen and oxygen atoms in total. The van der Waals surface area contributed by atoms with Crippen molar-refractivity contribution >= 4 is 11.9 Å². The molecule has 0 heterocycles. The highest BCUT2D eigenvalue weighted by Crippen LogP contribution is 2.24. The lowest BCUT2D eigenvalue weighted by atomic mass is 10.1. The van der Waals surface area contributed by atoms with Crippen LogP contribution in [-0.4, -0.2) is 38.3 Å². The molecule has 1 aromatic carbocycles. The minimum absolute atomic E-state index is 0.243. The lowest BCUT2D eigenvalue weighted by Crippen LogP contribution is -2.33. The molecule has 0 radical (unpaired) electrons. The fraction of sp³-hybridized carbons (Fsp3) is 0.412. The van der Waals surface area contributed by atoms with E-state index in [2.05, 4.69) is 11.9 Å². The van der Waals surface area contributed by atoms with Crippen LogP contribution < -0.4 is 10.1 Å². The molecule has 0 saturated heterocycles. The number of carbonyl (C=O) groups is 2. The van der Waals surface area contributed by atoms with Crippen LogP contribution in [0.4, 0.5) is 0 Å². The van der Waals surface area contributed by atoms with Gasteiger partial charge >= 0.3 is 5.97 Å². The fourth-order valence-electron chi connectivity index (χ4n) is 1.92. The maximum absolute atomic E-state index is 11.9. The summed E-state index contributed by atoms with van der Waals surface area (Å²) in [6, 6.07) is 7.12. The van der Waals surface area contributed by atoms with E-state index in [4.69, 9.17) is 14.2 Å². The number of nitrogens with one attached hydrogen (secondary N) is 1. The molecule has 0 spiro atoms. The molecule has 2 unspecified atom stereocenters. The van der Waals surface area contributed by atoms with Crippen LogP contribution in [0.2, 0.25) is 0 Å². The second-order valence-corrected chi connectivity index (χ2v) is 4.90. The van der Waals surface area contributed by atoms with Gasteiger partial charge in [0.05, 0.1) is 19.8 Å². The van der Waals surface area contributed by atoms with Crippen molar-refractivity contribution in [2.45, 2.75) is 26.0 Å². The molecule has 0 fully saturated rings. The Morgan fingerprint density at radius 1 is 1.30 bits per heavy atom. The summed E-state index contributed by atoms with van der Waals surface area (Å²) in [5.41, 5.74) is 0.845. The van der Waals surface area contributed by atoms with Crippen LogP contribution in [0, 0.1) is 0 Å². The number of carbonyl (C=O) groups excluding carboxylic acids is 2. The molecule has 1 N–H and O–H groups in total. The quantitative estimate of drug-likeness (QED) is 0.556. The van der Waals surface area contributed by atoms with Gasteiger partial charge in [-0.15, -0.1) is 6.58 Å². The van der Waals surface area contributed by atoms with E-state index in [0.29, 0.717) is 5.75 Å². The minimum atomic E-state index is -0.743. The van der Waals surface area contributed by atoms with Gasteiger partial charge in [-0.1, -0.05) is 24.3 Å². The van der Waals surface area contributed by atoms with E-state index < -0.39 is 18.0 Å². The van der Waals surface area contributed by atoms with Gasteiger partial charge in [-0.05, 0) is 19.9 Å². The average Bonchev–Trinajstić information content (AvgIpc) is 2.57. The van der Waals surface area contributed by atoms with E-state index in [-0.39, 0.29) is 19.3 Å². The number of ether oxygens (including phenoxy) is 3. The zero-order valence-electron chi connectivity index (χ0n) is 13.7. The van der Waals surface area contributed by atoms with E-state index >= 15 is 0 Å². The molecular formula is C17H23NO5. The van der Waals surface area contributed by atoms with Crippen molar-refractivity contribution in [3.05, 3.63) is 42.5 Å². The molecule has 2 atom stereocenters. The van der Waals surface area contributed by atoms with Crippen LogP contribution >= 0.6 is 0 Å². The van der Waals surface area contributed by atoms with Crippen molar-refractivity contribution < 1.29 is 23.8 Å². The van der Waals surface area contributed by atoms with Crippen LogP contribution in [0.5, 0.6) is 5.75 Å². The number of rotatable bonds is 9. The van der Waals surface area contributed by atoms with Crippen molar-refractivity contribution in [3.8, 4) is 5.75 Å². The largest absolute Gasteiger partial charge is 0.496 e. The first kappa shape index (κ1) is 18.7. The van der Waals surface area contributed by atoms with Gasteiger partial charge in [-0.25, -0.2) is 4.79 Å². The molecule has 1 amide bonds. The lowest BCUT2D eigenvalue weighted by molar-refractivity contribution is -0.158. The van der Waals surface area contributed by atoms with Crippen LogP contribution in [0.25, 0.3) is 0 Å². The Morgan fingerprint density at radius 2 is 2.00 bits per heavy atom. The Morgan fingerprint density at radius 3 is 2.65 bits per heavy atom. The molecule has 0 aliphatic carbocycles. The molecule has 1 rings (SSSR count). The Kier molecular flexibility index (Phi) is 7.83. The SMILES string of the molecule is C=CCOC(C)C(=O)OCC(=O)NC(C)c1ccccc1OC. The van der Waals surface area contributed by atoms with Crippen molar-refractivity contribution in [3.63, 3.8) is 0 Å². The fourth-order valence-corrected chi connectivity index (χ4v) is 1.92. The first-order valence-corrected chi connectivity index (χ1v) is 7.31. The topological polar surface area (TPSA) is 73.9 Å².